The highest BCUT2D eigenvalue weighted by atomic mass is 16.5. The number of hydrogen-bond donors (Lipinski definition) is 1. The summed E-state index contributed by atoms with van der Waals surface area (Å²) >= 11 is 0. The molecule has 96 valence electrons. The highest BCUT2D eigenvalue weighted by Gasteiger charge is 2.13. The van der Waals surface area contributed by atoms with E-state index in [2.05, 4.69) is 22.4 Å². The Bertz CT molecular complexity index is 550. The van der Waals surface area contributed by atoms with E-state index in [1.807, 2.05) is 20.8 Å². The molecule has 0 atom stereocenters. The van der Waals surface area contributed by atoms with Crippen molar-refractivity contribution in [3.8, 4) is 17.0 Å². The summed E-state index contributed by atoms with van der Waals surface area (Å²) in [6.45, 7) is 5.98. The van der Waals surface area contributed by atoms with Gasteiger partial charge in [0.2, 0.25) is 0 Å². The Labute approximate surface area is 107 Å². The van der Waals surface area contributed by atoms with Crippen LogP contribution in [0, 0.1) is 20.8 Å². The third kappa shape index (κ3) is 2.06. The number of rotatable bonds is 3. The van der Waals surface area contributed by atoms with Crippen molar-refractivity contribution in [3.63, 3.8) is 0 Å². The monoisotopic (exact) mass is 246 g/mol. The van der Waals surface area contributed by atoms with E-state index in [1.165, 1.54) is 0 Å². The van der Waals surface area contributed by atoms with Gasteiger partial charge in [-0.3, -0.25) is 0 Å². The molecule has 1 N–H and O–H groups in total. The minimum Gasteiger partial charge on any atom is -0.496 e. The van der Waals surface area contributed by atoms with Crippen molar-refractivity contribution in [1.82, 2.24) is 4.98 Å². The van der Waals surface area contributed by atoms with E-state index >= 15 is 0 Å². The van der Waals surface area contributed by atoms with E-state index in [0.717, 1.165) is 33.9 Å². The van der Waals surface area contributed by atoms with Gasteiger partial charge in [-0.2, -0.15) is 4.98 Å². The zero-order chi connectivity index (χ0) is 13.3. The van der Waals surface area contributed by atoms with Crippen LogP contribution in [0.25, 0.3) is 11.3 Å². The van der Waals surface area contributed by atoms with Gasteiger partial charge in [-0.25, -0.2) is 0 Å². The highest BCUT2D eigenvalue weighted by Crippen LogP contribution is 2.32. The second-order valence-electron chi connectivity index (χ2n) is 4.32. The molecule has 2 rings (SSSR count). The maximum Gasteiger partial charge on any atom is 0.295 e. The molecule has 0 aliphatic heterocycles. The lowest BCUT2D eigenvalue weighted by atomic mass is 10.0. The summed E-state index contributed by atoms with van der Waals surface area (Å²) in [6, 6.07) is 4.67. The SMILES string of the molecule is CNc1nc(-c2cc(C)c(OC)c(C)c2)c(C)o1. The van der Waals surface area contributed by atoms with Crippen molar-refractivity contribution < 1.29 is 9.15 Å². The van der Waals surface area contributed by atoms with Gasteiger partial charge in [0.1, 0.15) is 17.2 Å². The molecule has 0 aliphatic carbocycles. The van der Waals surface area contributed by atoms with Gasteiger partial charge < -0.3 is 14.5 Å². The first-order valence-electron chi connectivity index (χ1n) is 5.87. The Morgan fingerprint density at radius 2 is 1.78 bits per heavy atom. The molecular weight excluding hydrogens is 228 g/mol. The van der Waals surface area contributed by atoms with Gasteiger partial charge in [0.05, 0.1) is 7.11 Å². The number of benzene rings is 1. The summed E-state index contributed by atoms with van der Waals surface area (Å²) in [5.74, 6) is 1.73. The van der Waals surface area contributed by atoms with Crippen LogP contribution in [-0.2, 0) is 0 Å². The third-order valence-electron chi connectivity index (χ3n) is 2.95. The van der Waals surface area contributed by atoms with E-state index in [4.69, 9.17) is 9.15 Å². The number of oxazole rings is 1. The number of nitrogens with zero attached hydrogens (tertiary/aromatic N) is 1. The van der Waals surface area contributed by atoms with Gasteiger partial charge >= 0.3 is 0 Å². The molecular formula is C14H18N2O2. The lowest BCUT2D eigenvalue weighted by Crippen LogP contribution is -1.93. The van der Waals surface area contributed by atoms with Crippen molar-refractivity contribution in [2.45, 2.75) is 20.8 Å². The van der Waals surface area contributed by atoms with E-state index in [9.17, 15) is 0 Å². The molecule has 0 radical (unpaired) electrons. The van der Waals surface area contributed by atoms with Crippen molar-refractivity contribution in [1.29, 1.82) is 0 Å². The number of aryl methyl sites for hydroxylation is 3. The lowest BCUT2D eigenvalue weighted by molar-refractivity contribution is 0.408. The minimum absolute atomic E-state index is 0.536. The third-order valence-corrected chi connectivity index (χ3v) is 2.95. The number of aromatic nitrogens is 1. The van der Waals surface area contributed by atoms with E-state index in [0.29, 0.717) is 6.01 Å². The van der Waals surface area contributed by atoms with Crippen molar-refractivity contribution in [3.05, 3.63) is 29.0 Å². The van der Waals surface area contributed by atoms with Crippen LogP contribution < -0.4 is 10.1 Å². The van der Waals surface area contributed by atoms with Gasteiger partial charge in [0, 0.05) is 12.6 Å². The Hall–Kier alpha value is -1.97. The molecule has 0 saturated carbocycles. The molecule has 18 heavy (non-hydrogen) atoms. The quantitative estimate of drug-likeness (QED) is 0.902. The van der Waals surface area contributed by atoms with Gasteiger partial charge in [-0.05, 0) is 44.0 Å². The Balaban J connectivity index is 2.54. The lowest BCUT2D eigenvalue weighted by Gasteiger charge is -2.10. The van der Waals surface area contributed by atoms with Crippen molar-refractivity contribution in [2.75, 3.05) is 19.5 Å². The van der Waals surface area contributed by atoms with E-state index in [1.54, 1.807) is 14.2 Å². The first-order chi connectivity index (χ1) is 8.56. The molecule has 0 aliphatic rings. The van der Waals surface area contributed by atoms with Gasteiger partial charge in [-0.1, -0.05) is 0 Å². The summed E-state index contributed by atoms with van der Waals surface area (Å²) in [7, 11) is 3.48. The van der Waals surface area contributed by atoms with Crippen LogP contribution in [0.5, 0.6) is 5.75 Å². The molecule has 4 heteroatoms. The Morgan fingerprint density at radius 3 is 2.22 bits per heavy atom. The van der Waals surface area contributed by atoms with Crippen LogP contribution >= 0.6 is 0 Å². The number of ether oxygens (including phenoxy) is 1. The highest BCUT2D eigenvalue weighted by molar-refractivity contribution is 5.66. The molecule has 1 aromatic carbocycles. The Morgan fingerprint density at radius 1 is 1.17 bits per heavy atom. The van der Waals surface area contributed by atoms with Crippen LogP contribution in [-0.4, -0.2) is 19.1 Å². The summed E-state index contributed by atoms with van der Waals surface area (Å²) in [5.41, 5.74) is 4.11. The second kappa shape index (κ2) is 4.72. The van der Waals surface area contributed by atoms with Crippen LogP contribution in [0.4, 0.5) is 6.01 Å². The minimum atomic E-state index is 0.536. The first-order valence-corrected chi connectivity index (χ1v) is 5.87. The molecule has 4 nitrogen and oxygen atoms in total. The summed E-state index contributed by atoms with van der Waals surface area (Å²) in [6.07, 6.45) is 0. The molecule has 0 unspecified atom stereocenters. The van der Waals surface area contributed by atoms with Crippen LogP contribution in [0.2, 0.25) is 0 Å². The second-order valence-corrected chi connectivity index (χ2v) is 4.32. The topological polar surface area (TPSA) is 47.3 Å². The number of methoxy groups -OCH3 is 1. The molecule has 0 saturated heterocycles. The standard InChI is InChI=1S/C14H18N2O2/c1-8-6-11(7-9(2)13(8)17-5)12-10(3)18-14(15-4)16-12/h6-7H,1-5H3,(H,15,16). The van der Waals surface area contributed by atoms with Gasteiger partial charge in [0.15, 0.2) is 0 Å². The summed E-state index contributed by atoms with van der Waals surface area (Å²) < 4.78 is 10.9. The van der Waals surface area contributed by atoms with E-state index < -0.39 is 0 Å². The average Bonchev–Trinajstić information content (AvgIpc) is 2.70. The zero-order valence-corrected chi connectivity index (χ0v) is 11.4. The van der Waals surface area contributed by atoms with E-state index in [-0.39, 0.29) is 0 Å². The predicted octanol–water partition coefficient (Wildman–Crippen LogP) is 3.32. The molecule has 0 amide bonds. The molecule has 0 fully saturated rings. The van der Waals surface area contributed by atoms with Gasteiger partial charge in [-0.15, -0.1) is 0 Å². The predicted molar refractivity (Wildman–Crippen MR) is 72.2 cm³/mol. The largest absolute Gasteiger partial charge is 0.496 e. The number of hydrogen-bond acceptors (Lipinski definition) is 4. The molecule has 0 bridgehead atoms. The van der Waals surface area contributed by atoms with Crippen molar-refractivity contribution in [2.24, 2.45) is 0 Å². The number of nitrogens with one attached hydrogen (secondary N) is 1. The first kappa shape index (κ1) is 12.5. The maximum atomic E-state index is 5.50. The summed E-state index contributed by atoms with van der Waals surface area (Å²) in [5, 5.41) is 2.91. The smallest absolute Gasteiger partial charge is 0.295 e. The average molecular weight is 246 g/mol. The van der Waals surface area contributed by atoms with Crippen LogP contribution in [0.1, 0.15) is 16.9 Å². The Kier molecular flexibility index (Phi) is 3.28. The fraction of sp³-hybridized carbons (Fsp3) is 0.357. The summed E-state index contributed by atoms with van der Waals surface area (Å²) in [4.78, 5) is 4.42. The molecule has 1 aromatic heterocycles. The molecule has 2 aromatic rings. The van der Waals surface area contributed by atoms with Gasteiger partial charge in [0.25, 0.3) is 6.01 Å². The molecule has 1 heterocycles. The normalized spacial score (nSPS) is 10.5. The van der Waals surface area contributed by atoms with Crippen molar-refractivity contribution >= 4 is 6.01 Å². The van der Waals surface area contributed by atoms with Crippen LogP contribution in [0.3, 0.4) is 0 Å². The number of anilines is 1. The fourth-order valence-electron chi connectivity index (χ4n) is 2.18. The maximum absolute atomic E-state index is 5.50. The fourth-order valence-corrected chi connectivity index (χ4v) is 2.18. The zero-order valence-electron chi connectivity index (χ0n) is 11.4. The van der Waals surface area contributed by atoms with Crippen LogP contribution in [0.15, 0.2) is 16.5 Å². The molecule has 0 spiro atoms.